The maximum Gasteiger partial charge on any atom is 0.410 e. The molecule has 0 spiro atoms. The number of thioether (sulfide) groups is 2. The third-order valence-corrected chi connectivity index (χ3v) is 25.7. The summed E-state index contributed by atoms with van der Waals surface area (Å²) in [7, 11) is 0. The summed E-state index contributed by atoms with van der Waals surface area (Å²) >= 11 is 6.28. The van der Waals surface area contributed by atoms with E-state index >= 15 is 0 Å². The molecule has 23 nitrogen and oxygen atoms in total. The number of piperidine rings is 4. The number of hydrogen-bond acceptors (Lipinski definition) is 17. The van der Waals surface area contributed by atoms with E-state index in [0.29, 0.717) is 64.9 Å². The highest BCUT2D eigenvalue weighted by Crippen LogP contribution is 2.50. The van der Waals surface area contributed by atoms with E-state index in [1.54, 1.807) is 44.2 Å². The highest BCUT2D eigenvalue weighted by atomic mass is 32.2. The number of carbonyl (C=O) groups is 8. The van der Waals surface area contributed by atoms with Crippen LogP contribution in [0.5, 0.6) is 0 Å². The van der Waals surface area contributed by atoms with Crippen LogP contribution in [-0.2, 0) is 41.5 Å². The molecule has 0 bridgehead atoms. The molecule has 27 heteroatoms. The van der Waals surface area contributed by atoms with Crippen molar-refractivity contribution in [3.63, 3.8) is 0 Å². The van der Waals surface area contributed by atoms with Gasteiger partial charge in [0.15, 0.2) is 0 Å². The molecular weight excluding hydrogens is 1390 g/mol. The number of likely N-dealkylation sites (tertiary alicyclic amines) is 3. The summed E-state index contributed by atoms with van der Waals surface area (Å²) in [5.74, 6) is -0.503. The highest BCUT2D eigenvalue weighted by molar-refractivity contribution is 8.01. The Hall–Kier alpha value is -6.68. The lowest BCUT2D eigenvalue weighted by atomic mass is 9.92. The van der Waals surface area contributed by atoms with Crippen LogP contribution in [0.3, 0.4) is 0 Å². The summed E-state index contributed by atoms with van der Waals surface area (Å²) in [5, 5.41) is 19.4. The van der Waals surface area contributed by atoms with E-state index in [1.807, 2.05) is 115 Å². The van der Waals surface area contributed by atoms with E-state index in [9.17, 15) is 43.5 Å². The number of aromatic nitrogens is 2. The summed E-state index contributed by atoms with van der Waals surface area (Å²) in [5.41, 5.74) is 3.33. The maximum atomic E-state index is 14.0. The number of fused-ring (bicyclic) bond motifs is 2. The Morgan fingerprint density at radius 1 is 0.515 bits per heavy atom. The normalized spacial score (nSPS) is 22.2. The molecular formula is C76H110N12O11S4. The van der Waals surface area contributed by atoms with E-state index in [1.165, 1.54) is 17.3 Å². The third-order valence-electron chi connectivity index (χ3n) is 20.0. The van der Waals surface area contributed by atoms with Crippen molar-refractivity contribution in [2.75, 3.05) is 89.2 Å². The van der Waals surface area contributed by atoms with Crippen molar-refractivity contribution < 1.29 is 52.9 Å². The van der Waals surface area contributed by atoms with Gasteiger partial charge in [0.05, 0.1) is 36.7 Å². The fraction of sp³-hybridized carbons (Fsp3) is 0.658. The van der Waals surface area contributed by atoms with Crippen molar-refractivity contribution in [1.82, 2.24) is 49.6 Å². The molecule has 9 amide bonds. The first-order valence-electron chi connectivity index (χ1n) is 37.0. The average Bonchev–Trinajstić information content (AvgIpc) is 1.65. The molecule has 0 aliphatic carbocycles. The number of carboxylic acid groups (broad SMARTS) is 1. The molecule has 10 heterocycles. The Morgan fingerprint density at radius 3 is 1.30 bits per heavy atom. The van der Waals surface area contributed by atoms with Crippen LogP contribution in [0.4, 0.5) is 30.6 Å². The molecule has 4 aromatic rings. The number of ether oxygens (including phenoxy) is 2. The molecule has 2 unspecified atom stereocenters. The van der Waals surface area contributed by atoms with Crippen LogP contribution in [-0.4, -0.2) is 210 Å². The molecule has 6 fully saturated rings. The summed E-state index contributed by atoms with van der Waals surface area (Å²) in [6, 6.07) is 16.5. The lowest BCUT2D eigenvalue weighted by molar-refractivity contribution is -0.140. The summed E-state index contributed by atoms with van der Waals surface area (Å²) in [6.07, 6.45) is 13.5. The predicted octanol–water partition coefficient (Wildman–Crippen LogP) is 14.0. The van der Waals surface area contributed by atoms with Crippen molar-refractivity contribution in [3.8, 4) is 0 Å². The van der Waals surface area contributed by atoms with Gasteiger partial charge >= 0.3 is 30.2 Å². The SMILES string of the molecule is CC(C)(C)CCN1C(=O)[C@H](CC(=O)N2CCC(N3CCc4ccccc4NC3=O)CC2)SC1c1cnc(C2CCN(C(=O)OC(C)(C)C)CC2)s1.CC(C)(C)CCN1C(=O)[C@H](CC(=O)O)SC1c1cnc(C2CCN(C(=O)OC(C)(C)C)CC2)s1.O=C1Nc2ccccc2CCN1C1CCNCC1. The molecule has 8 aliphatic heterocycles. The molecule has 12 rings (SSSR count). The Morgan fingerprint density at radius 2 is 0.903 bits per heavy atom. The fourth-order valence-corrected chi connectivity index (χ4v) is 19.7. The maximum absolute atomic E-state index is 14.0. The number of aliphatic carboxylic acids is 1. The molecule has 6 saturated heterocycles. The van der Waals surface area contributed by atoms with Crippen LogP contribution >= 0.6 is 46.2 Å². The van der Waals surface area contributed by atoms with Gasteiger partial charge < -0.3 is 64.8 Å². The Balaban J connectivity index is 0.000000187. The number of benzene rings is 2. The van der Waals surface area contributed by atoms with Crippen LogP contribution < -0.4 is 16.0 Å². The standard InChI is InChI=1S/C38H54N6O5S2.C24H37N3O5S2.C14H19N3O/c1-37(2,3)16-22-44-33(46)29(51-34(44)30-24-39-32(50-30)26-11-17-42(18-12-26)36(48)49-38(4,5)6)23-31(45)41-19-14-27(15-20-41)43-21-13-25-9-7-8-10-28(25)40-35(43)47;1-23(2,3)9-12-27-20(30)16(13-18(28)29)34-21(27)17-14-25-19(33-17)15-7-10-26(11-8-15)22(31)32-24(4,5)6;18-14-16-13-4-2-1-3-11(13)7-10-17(14)12-5-8-15-9-6-12/h7-10,24,26-27,29,34H,11-23H2,1-6H3,(H,40,47);14-16,21H,7-13H2,1-6H3,(H,28,29);1-4,12,15H,5-10H2,(H,16,18)/t29-,34?;16-,21?;/m00./s1. The van der Waals surface area contributed by atoms with Crippen molar-refractivity contribution in [2.24, 2.45) is 10.8 Å². The molecule has 564 valence electrons. The third kappa shape index (κ3) is 21.8. The van der Waals surface area contributed by atoms with Crippen LogP contribution in [0.15, 0.2) is 60.9 Å². The van der Waals surface area contributed by atoms with Gasteiger partial charge in [0.1, 0.15) is 21.9 Å². The molecule has 0 saturated carbocycles. The Labute approximate surface area is 625 Å². The molecule has 0 radical (unpaired) electrons. The van der Waals surface area contributed by atoms with E-state index in [0.717, 1.165) is 133 Å². The van der Waals surface area contributed by atoms with Gasteiger partial charge in [0.25, 0.3) is 0 Å². The Bertz CT molecular complexity index is 3610. The molecule has 4 atom stereocenters. The van der Waals surface area contributed by atoms with Crippen molar-refractivity contribution in [1.29, 1.82) is 0 Å². The van der Waals surface area contributed by atoms with Gasteiger partial charge in [0.2, 0.25) is 17.7 Å². The smallest absolute Gasteiger partial charge is 0.410 e. The monoisotopic (exact) mass is 1490 g/mol. The van der Waals surface area contributed by atoms with Crippen molar-refractivity contribution >= 4 is 106 Å². The van der Waals surface area contributed by atoms with Gasteiger partial charge in [-0.2, -0.15) is 0 Å². The molecule has 2 aromatic heterocycles. The van der Waals surface area contributed by atoms with Crippen LogP contribution in [0.2, 0.25) is 0 Å². The summed E-state index contributed by atoms with van der Waals surface area (Å²) in [4.78, 5) is 127. The van der Waals surface area contributed by atoms with E-state index in [4.69, 9.17) is 14.5 Å². The van der Waals surface area contributed by atoms with E-state index in [2.05, 4.69) is 74.6 Å². The summed E-state index contributed by atoms with van der Waals surface area (Å²) in [6.45, 7) is 32.6. The molecule has 103 heavy (non-hydrogen) atoms. The zero-order valence-corrected chi connectivity index (χ0v) is 65.7. The van der Waals surface area contributed by atoms with Crippen LogP contribution in [0.1, 0.15) is 214 Å². The number of thiazole rings is 2. The second-order valence-corrected chi connectivity index (χ2v) is 37.5. The van der Waals surface area contributed by atoms with Gasteiger partial charge in [-0.15, -0.1) is 46.2 Å². The lowest BCUT2D eigenvalue weighted by Gasteiger charge is -2.38. The van der Waals surface area contributed by atoms with Crippen LogP contribution in [0, 0.1) is 10.8 Å². The minimum Gasteiger partial charge on any atom is -0.481 e. The van der Waals surface area contributed by atoms with Gasteiger partial charge in [0, 0.05) is 120 Å². The van der Waals surface area contributed by atoms with Crippen molar-refractivity contribution in [3.05, 3.63) is 91.8 Å². The first-order valence-corrected chi connectivity index (χ1v) is 40.5. The first-order chi connectivity index (χ1) is 48.7. The predicted molar refractivity (Wildman–Crippen MR) is 408 cm³/mol. The van der Waals surface area contributed by atoms with Gasteiger partial charge in [-0.05, 0) is 166 Å². The number of nitrogens with zero attached hydrogens (tertiary/aromatic N) is 9. The molecule has 2 aromatic carbocycles. The van der Waals surface area contributed by atoms with E-state index in [-0.39, 0.29) is 94.3 Å². The number of nitrogens with one attached hydrogen (secondary N) is 3. The lowest BCUT2D eigenvalue weighted by Crippen LogP contribution is -2.50. The highest BCUT2D eigenvalue weighted by Gasteiger charge is 2.46. The Kier molecular flexibility index (Phi) is 26.2. The number of carbonyl (C=O) groups excluding carboxylic acids is 7. The summed E-state index contributed by atoms with van der Waals surface area (Å²) < 4.78 is 11.1. The fourth-order valence-electron chi connectivity index (χ4n) is 14.2. The van der Waals surface area contributed by atoms with Crippen molar-refractivity contribution in [2.45, 2.75) is 229 Å². The van der Waals surface area contributed by atoms with Gasteiger partial charge in [-0.1, -0.05) is 77.9 Å². The minimum absolute atomic E-state index is 0.00480. The second-order valence-electron chi connectivity index (χ2n) is 32.8. The largest absolute Gasteiger partial charge is 0.481 e. The number of urea groups is 2. The first kappa shape index (κ1) is 78.9. The number of para-hydroxylation sites is 2. The molecule has 8 aliphatic rings. The quantitative estimate of drug-likeness (QED) is 0.0915. The zero-order valence-electron chi connectivity index (χ0n) is 62.5. The number of rotatable bonds is 14. The number of amides is 9. The molecule has 4 N–H and O–H groups in total. The van der Waals surface area contributed by atoms with Gasteiger partial charge in [-0.25, -0.2) is 29.1 Å². The van der Waals surface area contributed by atoms with Gasteiger partial charge in [-0.3, -0.25) is 19.2 Å². The van der Waals surface area contributed by atoms with E-state index < -0.39 is 27.7 Å². The number of carboxylic acids is 1. The number of hydrogen-bond donors (Lipinski definition) is 4. The minimum atomic E-state index is -0.955. The topological polar surface area (TPSA) is 260 Å². The zero-order chi connectivity index (χ0) is 74.1. The number of anilines is 2. The van der Waals surface area contributed by atoms with Crippen LogP contribution in [0.25, 0.3) is 0 Å². The second kappa shape index (κ2) is 34.3. The average molecular weight is 1500 g/mol.